The van der Waals surface area contributed by atoms with Crippen LogP contribution in [0, 0.1) is 11.3 Å². The largest absolute Gasteiger partial charge is 0.485 e. The molecule has 0 radical (unpaired) electrons. The highest BCUT2D eigenvalue weighted by Gasteiger charge is 2.33. The first-order valence-electron chi connectivity index (χ1n) is 8.91. The molecule has 3 nitrogen and oxygen atoms in total. The van der Waals surface area contributed by atoms with Gasteiger partial charge in [-0.25, -0.2) is 0 Å². The molecule has 2 aliphatic rings. The first kappa shape index (κ1) is 16.5. The first-order valence-corrected chi connectivity index (χ1v) is 8.91. The third kappa shape index (κ3) is 2.42. The molecule has 0 amide bonds. The average Bonchev–Trinajstić information content (AvgIpc) is 2.59. The van der Waals surface area contributed by atoms with E-state index in [4.69, 9.17) is 4.74 Å². The number of nitrogens with zero attached hydrogens (tertiary/aromatic N) is 1. The summed E-state index contributed by atoms with van der Waals surface area (Å²) in [6.07, 6.45) is 4.76. The van der Waals surface area contributed by atoms with Crippen LogP contribution in [0.1, 0.15) is 50.0 Å². The summed E-state index contributed by atoms with van der Waals surface area (Å²) in [5.41, 5.74) is 7.21. The van der Waals surface area contributed by atoms with E-state index >= 15 is 0 Å². The number of anilines is 1. The molecule has 2 heterocycles. The molecule has 0 saturated carbocycles. The maximum Gasteiger partial charge on any atom is 0.129 e. The van der Waals surface area contributed by atoms with Gasteiger partial charge in [0.2, 0.25) is 0 Å². The molecular formula is C23H22N2O. The Balaban J connectivity index is 2.04. The van der Waals surface area contributed by atoms with E-state index < -0.39 is 0 Å². The molecule has 2 aromatic rings. The van der Waals surface area contributed by atoms with Crippen molar-refractivity contribution >= 4 is 11.3 Å². The lowest BCUT2D eigenvalue weighted by Gasteiger charge is -2.37. The number of fused-ring (bicyclic) bond motifs is 5. The molecule has 0 spiro atoms. The zero-order valence-corrected chi connectivity index (χ0v) is 15.4. The standard InChI is InChI=1S/C23H22N2O/c1-5-7-18-22-16(21-15(13-24)8-6-9-19(21)26-18)10-11-17-20(22)14(2)12-23(3,4)25-17/h5-6,8-12,18,25H,1,7H2,2-4H3. The van der Waals surface area contributed by atoms with E-state index in [2.05, 4.69) is 56.9 Å². The van der Waals surface area contributed by atoms with Gasteiger partial charge in [-0.1, -0.05) is 24.3 Å². The van der Waals surface area contributed by atoms with Crippen LogP contribution >= 0.6 is 0 Å². The van der Waals surface area contributed by atoms with Gasteiger partial charge in [-0.2, -0.15) is 5.26 Å². The van der Waals surface area contributed by atoms with Gasteiger partial charge in [-0.05, 0) is 50.1 Å². The van der Waals surface area contributed by atoms with Gasteiger partial charge in [0, 0.05) is 28.8 Å². The van der Waals surface area contributed by atoms with Crippen molar-refractivity contribution < 1.29 is 4.74 Å². The minimum atomic E-state index is -0.106. The van der Waals surface area contributed by atoms with Crippen LogP contribution in [-0.4, -0.2) is 5.54 Å². The van der Waals surface area contributed by atoms with Crippen LogP contribution in [0.3, 0.4) is 0 Å². The minimum absolute atomic E-state index is 0.0928. The second-order valence-electron chi connectivity index (χ2n) is 7.54. The smallest absolute Gasteiger partial charge is 0.129 e. The molecule has 1 atom stereocenters. The Hall–Kier alpha value is -2.99. The van der Waals surface area contributed by atoms with E-state index in [9.17, 15) is 5.26 Å². The molecule has 0 saturated heterocycles. The number of nitriles is 1. The molecule has 1 N–H and O–H groups in total. The summed E-state index contributed by atoms with van der Waals surface area (Å²) in [6.45, 7) is 10.4. The highest BCUT2D eigenvalue weighted by molar-refractivity contribution is 5.91. The predicted molar refractivity (Wildman–Crippen MR) is 106 cm³/mol. The molecule has 0 bridgehead atoms. The molecule has 2 aliphatic heterocycles. The summed E-state index contributed by atoms with van der Waals surface area (Å²) < 4.78 is 6.33. The average molecular weight is 342 g/mol. The number of allylic oxidation sites excluding steroid dienone is 1. The molecular weight excluding hydrogens is 320 g/mol. The van der Waals surface area contributed by atoms with Gasteiger partial charge in [0.05, 0.1) is 17.2 Å². The molecule has 2 aromatic carbocycles. The van der Waals surface area contributed by atoms with Crippen molar-refractivity contribution in [2.75, 3.05) is 5.32 Å². The van der Waals surface area contributed by atoms with Crippen molar-refractivity contribution in [1.82, 2.24) is 0 Å². The van der Waals surface area contributed by atoms with Crippen molar-refractivity contribution in [3.63, 3.8) is 0 Å². The number of nitrogens with one attached hydrogen (secondary N) is 1. The van der Waals surface area contributed by atoms with E-state index in [-0.39, 0.29) is 11.6 Å². The lowest BCUT2D eigenvalue weighted by molar-refractivity contribution is 0.205. The van der Waals surface area contributed by atoms with Gasteiger partial charge in [0.15, 0.2) is 0 Å². The predicted octanol–water partition coefficient (Wildman–Crippen LogP) is 5.84. The Bertz CT molecular complexity index is 992. The normalized spacial score (nSPS) is 18.8. The summed E-state index contributed by atoms with van der Waals surface area (Å²) >= 11 is 0. The third-order valence-corrected chi connectivity index (χ3v) is 5.06. The highest BCUT2D eigenvalue weighted by Crippen LogP contribution is 2.50. The van der Waals surface area contributed by atoms with Gasteiger partial charge in [-0.15, -0.1) is 6.58 Å². The van der Waals surface area contributed by atoms with Gasteiger partial charge in [0.25, 0.3) is 0 Å². The van der Waals surface area contributed by atoms with Gasteiger partial charge >= 0.3 is 0 Å². The fourth-order valence-electron chi connectivity index (χ4n) is 4.23. The lowest BCUT2D eigenvalue weighted by atomic mass is 9.80. The van der Waals surface area contributed by atoms with Crippen LogP contribution in [0.5, 0.6) is 5.75 Å². The highest BCUT2D eigenvalue weighted by atomic mass is 16.5. The Labute approximate surface area is 154 Å². The molecule has 3 heteroatoms. The van der Waals surface area contributed by atoms with Gasteiger partial charge < -0.3 is 10.1 Å². The maximum absolute atomic E-state index is 9.60. The number of hydrogen-bond donors (Lipinski definition) is 1. The fraction of sp³-hybridized carbons (Fsp3) is 0.261. The van der Waals surface area contributed by atoms with Crippen molar-refractivity contribution in [3.05, 3.63) is 65.8 Å². The van der Waals surface area contributed by atoms with Crippen molar-refractivity contribution in [1.29, 1.82) is 5.26 Å². The van der Waals surface area contributed by atoms with E-state index in [0.29, 0.717) is 5.56 Å². The number of ether oxygens (including phenoxy) is 1. The number of benzene rings is 2. The number of hydrogen-bond acceptors (Lipinski definition) is 3. The first-order chi connectivity index (χ1) is 12.4. The fourth-order valence-corrected chi connectivity index (χ4v) is 4.23. The monoisotopic (exact) mass is 342 g/mol. The zero-order chi connectivity index (χ0) is 18.5. The van der Waals surface area contributed by atoms with Crippen LogP contribution < -0.4 is 10.1 Å². The van der Waals surface area contributed by atoms with E-state index in [1.54, 1.807) is 0 Å². The lowest BCUT2D eigenvalue weighted by Crippen LogP contribution is -2.32. The summed E-state index contributed by atoms with van der Waals surface area (Å²) in [6, 6.07) is 12.2. The quantitative estimate of drug-likeness (QED) is 0.697. The Kier molecular flexibility index (Phi) is 3.66. The molecule has 0 aliphatic carbocycles. The van der Waals surface area contributed by atoms with E-state index in [1.807, 2.05) is 24.3 Å². The number of rotatable bonds is 2. The molecule has 1 unspecified atom stereocenters. The van der Waals surface area contributed by atoms with Crippen LogP contribution in [-0.2, 0) is 0 Å². The topological polar surface area (TPSA) is 45.0 Å². The molecule has 0 aromatic heterocycles. The minimum Gasteiger partial charge on any atom is -0.485 e. The zero-order valence-electron chi connectivity index (χ0n) is 15.4. The van der Waals surface area contributed by atoms with Crippen molar-refractivity contribution in [2.24, 2.45) is 0 Å². The van der Waals surface area contributed by atoms with E-state index in [0.717, 1.165) is 34.5 Å². The maximum atomic E-state index is 9.60. The van der Waals surface area contributed by atoms with Crippen molar-refractivity contribution in [2.45, 2.75) is 38.8 Å². The second kappa shape index (κ2) is 5.78. The summed E-state index contributed by atoms with van der Waals surface area (Å²) in [4.78, 5) is 0. The Morgan fingerprint density at radius 3 is 2.81 bits per heavy atom. The van der Waals surface area contributed by atoms with Gasteiger partial charge in [0.1, 0.15) is 11.9 Å². The van der Waals surface area contributed by atoms with Crippen LogP contribution in [0.25, 0.3) is 16.7 Å². The van der Waals surface area contributed by atoms with Crippen LogP contribution in [0.2, 0.25) is 0 Å². The van der Waals surface area contributed by atoms with Crippen LogP contribution in [0.4, 0.5) is 5.69 Å². The molecule has 130 valence electrons. The Morgan fingerprint density at radius 2 is 2.08 bits per heavy atom. The van der Waals surface area contributed by atoms with Crippen LogP contribution in [0.15, 0.2) is 49.1 Å². The molecule has 0 fully saturated rings. The summed E-state index contributed by atoms with van der Waals surface area (Å²) in [7, 11) is 0. The third-order valence-electron chi connectivity index (χ3n) is 5.06. The summed E-state index contributed by atoms with van der Waals surface area (Å²) in [5, 5.41) is 13.2. The summed E-state index contributed by atoms with van der Waals surface area (Å²) in [5.74, 6) is 0.772. The van der Waals surface area contributed by atoms with E-state index in [1.165, 1.54) is 11.1 Å². The SMILES string of the molecule is C=CCC1Oc2cccc(C#N)c2-c2ccc3c(c21)C(C)=CC(C)(C)N3. The second-order valence-corrected chi connectivity index (χ2v) is 7.54. The van der Waals surface area contributed by atoms with Crippen molar-refractivity contribution in [3.8, 4) is 22.9 Å². The Morgan fingerprint density at radius 1 is 1.27 bits per heavy atom. The molecule has 26 heavy (non-hydrogen) atoms. The van der Waals surface area contributed by atoms with Gasteiger partial charge in [-0.3, -0.25) is 0 Å². The molecule has 4 rings (SSSR count).